The van der Waals surface area contributed by atoms with Crippen molar-refractivity contribution in [1.82, 2.24) is 14.8 Å². The van der Waals surface area contributed by atoms with Crippen molar-refractivity contribution in [1.29, 1.82) is 0 Å². The average Bonchev–Trinajstić information content (AvgIpc) is 3.58. The van der Waals surface area contributed by atoms with Gasteiger partial charge in [-0.25, -0.2) is 18.4 Å². The van der Waals surface area contributed by atoms with Gasteiger partial charge in [-0.05, 0) is 55.3 Å². The van der Waals surface area contributed by atoms with E-state index in [0.29, 0.717) is 39.5 Å². The molecule has 5 rings (SSSR count). The molecular formula is C24H21F2N3O2. The van der Waals surface area contributed by atoms with Crippen molar-refractivity contribution >= 4 is 11.0 Å². The van der Waals surface area contributed by atoms with Crippen LogP contribution in [0.1, 0.15) is 36.4 Å². The highest BCUT2D eigenvalue weighted by Gasteiger charge is 2.33. The minimum atomic E-state index is -2.65. The molecule has 1 saturated carbocycles. The molecule has 0 saturated heterocycles. The number of ether oxygens (including phenoxy) is 2. The zero-order valence-electron chi connectivity index (χ0n) is 17.2. The summed E-state index contributed by atoms with van der Waals surface area (Å²) in [6.45, 7) is 0. The number of aromatic nitrogens is 3. The van der Waals surface area contributed by atoms with Gasteiger partial charge in [-0.2, -0.15) is 5.10 Å². The SMILES string of the molecule is COc1ccc(-n2nc(C3CC3)c3c(C(F)F)cc(-c4ccccc4OC)nc32)cc1. The molecule has 1 aliphatic carbocycles. The number of pyridine rings is 1. The summed E-state index contributed by atoms with van der Waals surface area (Å²) in [6, 6.07) is 16.1. The van der Waals surface area contributed by atoms with Gasteiger partial charge < -0.3 is 9.47 Å². The molecule has 0 radical (unpaired) electrons. The lowest BCUT2D eigenvalue weighted by molar-refractivity contribution is 0.153. The smallest absolute Gasteiger partial charge is 0.264 e. The van der Waals surface area contributed by atoms with Crippen LogP contribution in [0.4, 0.5) is 8.78 Å². The van der Waals surface area contributed by atoms with Gasteiger partial charge in [0.15, 0.2) is 5.65 Å². The Labute approximate surface area is 178 Å². The van der Waals surface area contributed by atoms with E-state index in [1.54, 1.807) is 25.0 Å². The average molecular weight is 421 g/mol. The number of nitrogens with zero attached hydrogens (tertiary/aromatic N) is 3. The molecule has 0 aliphatic heterocycles. The molecule has 7 heteroatoms. The van der Waals surface area contributed by atoms with E-state index < -0.39 is 6.43 Å². The number of benzene rings is 2. The lowest BCUT2D eigenvalue weighted by atomic mass is 10.0. The van der Waals surface area contributed by atoms with Gasteiger partial charge in [0, 0.05) is 17.0 Å². The largest absolute Gasteiger partial charge is 0.497 e. The number of methoxy groups -OCH3 is 2. The van der Waals surface area contributed by atoms with Crippen LogP contribution in [0.2, 0.25) is 0 Å². The minimum Gasteiger partial charge on any atom is -0.497 e. The Hall–Kier alpha value is -3.48. The zero-order valence-corrected chi connectivity index (χ0v) is 17.2. The van der Waals surface area contributed by atoms with Gasteiger partial charge in [-0.15, -0.1) is 0 Å². The summed E-state index contributed by atoms with van der Waals surface area (Å²) in [5, 5.41) is 5.20. The summed E-state index contributed by atoms with van der Waals surface area (Å²) in [6.07, 6.45) is -0.748. The Morgan fingerprint density at radius 1 is 1.00 bits per heavy atom. The Morgan fingerprint density at radius 2 is 1.74 bits per heavy atom. The quantitative estimate of drug-likeness (QED) is 0.388. The van der Waals surface area contributed by atoms with Crippen LogP contribution in [0.15, 0.2) is 54.6 Å². The highest BCUT2D eigenvalue weighted by atomic mass is 19.3. The first-order valence-corrected chi connectivity index (χ1v) is 10.1. The van der Waals surface area contributed by atoms with Crippen molar-refractivity contribution < 1.29 is 18.3 Å². The van der Waals surface area contributed by atoms with E-state index >= 15 is 0 Å². The monoisotopic (exact) mass is 421 g/mol. The van der Waals surface area contributed by atoms with Crippen molar-refractivity contribution in [2.24, 2.45) is 0 Å². The third-order valence-electron chi connectivity index (χ3n) is 5.59. The molecule has 31 heavy (non-hydrogen) atoms. The summed E-state index contributed by atoms with van der Waals surface area (Å²) in [5.74, 6) is 1.48. The molecule has 158 valence electrons. The molecule has 0 unspecified atom stereocenters. The van der Waals surface area contributed by atoms with E-state index in [4.69, 9.17) is 19.6 Å². The maximum Gasteiger partial charge on any atom is 0.264 e. The summed E-state index contributed by atoms with van der Waals surface area (Å²) < 4.78 is 40.8. The van der Waals surface area contributed by atoms with Crippen molar-refractivity contribution in [3.8, 4) is 28.4 Å². The third kappa shape index (κ3) is 3.40. The zero-order chi connectivity index (χ0) is 21.5. The molecule has 1 aliphatic rings. The topological polar surface area (TPSA) is 49.2 Å². The molecular weight excluding hydrogens is 400 g/mol. The van der Waals surface area contributed by atoms with E-state index in [-0.39, 0.29) is 11.5 Å². The van der Waals surface area contributed by atoms with Crippen LogP contribution in [0.5, 0.6) is 11.5 Å². The predicted octanol–water partition coefficient (Wildman–Crippen LogP) is 5.92. The lowest BCUT2D eigenvalue weighted by Gasteiger charge is -2.11. The van der Waals surface area contributed by atoms with Gasteiger partial charge in [0.05, 0.1) is 36.7 Å². The number of hydrogen-bond donors (Lipinski definition) is 0. The second-order valence-corrected chi connectivity index (χ2v) is 7.57. The van der Waals surface area contributed by atoms with E-state index in [1.807, 2.05) is 42.5 Å². The molecule has 0 N–H and O–H groups in total. The van der Waals surface area contributed by atoms with Crippen LogP contribution in [0.25, 0.3) is 28.0 Å². The van der Waals surface area contributed by atoms with Crippen LogP contribution < -0.4 is 9.47 Å². The second kappa shape index (κ2) is 7.65. The van der Waals surface area contributed by atoms with E-state index in [0.717, 1.165) is 18.5 Å². The summed E-state index contributed by atoms with van der Waals surface area (Å²) in [5.41, 5.74) is 2.89. The molecule has 4 aromatic rings. The fourth-order valence-corrected chi connectivity index (χ4v) is 3.88. The van der Waals surface area contributed by atoms with Gasteiger partial charge in [0.1, 0.15) is 11.5 Å². The summed E-state index contributed by atoms with van der Waals surface area (Å²) >= 11 is 0. The van der Waals surface area contributed by atoms with Crippen LogP contribution in [-0.2, 0) is 0 Å². The molecule has 2 aromatic carbocycles. The standard InChI is InChI=1S/C24H21F2N3O2/c1-30-16-11-9-15(10-12-16)29-24-21(22(28-29)14-7-8-14)18(23(25)26)13-19(27-24)17-5-3-4-6-20(17)31-2/h3-6,9-14,23H,7-8H2,1-2H3. The fraction of sp³-hybridized carbons (Fsp3) is 0.250. The first-order valence-electron chi connectivity index (χ1n) is 10.1. The van der Waals surface area contributed by atoms with Gasteiger partial charge in [0.25, 0.3) is 6.43 Å². The highest BCUT2D eigenvalue weighted by molar-refractivity contribution is 5.88. The molecule has 0 amide bonds. The Bertz CT molecular complexity index is 1250. The number of halogens is 2. The van der Waals surface area contributed by atoms with E-state index in [1.165, 1.54) is 6.07 Å². The first kappa shape index (κ1) is 19.5. The maximum atomic E-state index is 14.2. The summed E-state index contributed by atoms with van der Waals surface area (Å²) in [7, 11) is 3.15. The number of fused-ring (bicyclic) bond motifs is 1. The summed E-state index contributed by atoms with van der Waals surface area (Å²) in [4.78, 5) is 4.80. The van der Waals surface area contributed by atoms with Crippen molar-refractivity contribution in [3.05, 3.63) is 65.9 Å². The highest BCUT2D eigenvalue weighted by Crippen LogP contribution is 2.46. The fourth-order valence-electron chi connectivity index (χ4n) is 3.88. The van der Waals surface area contributed by atoms with Crippen LogP contribution >= 0.6 is 0 Å². The Kier molecular flexibility index (Phi) is 4.81. The molecule has 2 aromatic heterocycles. The Balaban J connectivity index is 1.80. The first-order chi connectivity index (χ1) is 15.1. The number of para-hydroxylation sites is 1. The molecule has 5 nitrogen and oxygen atoms in total. The lowest BCUT2D eigenvalue weighted by Crippen LogP contribution is -2.00. The minimum absolute atomic E-state index is 0.0485. The second-order valence-electron chi connectivity index (χ2n) is 7.57. The van der Waals surface area contributed by atoms with Crippen molar-refractivity contribution in [3.63, 3.8) is 0 Å². The molecule has 0 atom stereocenters. The van der Waals surface area contributed by atoms with Crippen LogP contribution in [0, 0.1) is 0 Å². The molecule has 0 bridgehead atoms. The third-order valence-corrected chi connectivity index (χ3v) is 5.59. The molecule has 1 fully saturated rings. The number of alkyl halides is 2. The van der Waals surface area contributed by atoms with Gasteiger partial charge in [0.2, 0.25) is 0 Å². The van der Waals surface area contributed by atoms with Crippen molar-refractivity contribution in [2.45, 2.75) is 25.2 Å². The van der Waals surface area contributed by atoms with Gasteiger partial charge >= 0.3 is 0 Å². The van der Waals surface area contributed by atoms with E-state index in [2.05, 4.69) is 0 Å². The number of rotatable bonds is 6. The molecule has 2 heterocycles. The van der Waals surface area contributed by atoms with Gasteiger partial charge in [-0.1, -0.05) is 12.1 Å². The predicted molar refractivity (Wildman–Crippen MR) is 114 cm³/mol. The van der Waals surface area contributed by atoms with Crippen LogP contribution in [-0.4, -0.2) is 29.0 Å². The Morgan fingerprint density at radius 3 is 2.39 bits per heavy atom. The van der Waals surface area contributed by atoms with Crippen LogP contribution in [0.3, 0.4) is 0 Å². The normalized spacial score (nSPS) is 13.7. The number of hydrogen-bond acceptors (Lipinski definition) is 4. The van der Waals surface area contributed by atoms with Gasteiger partial charge in [-0.3, -0.25) is 0 Å². The molecule has 0 spiro atoms. The van der Waals surface area contributed by atoms with E-state index in [9.17, 15) is 8.78 Å². The maximum absolute atomic E-state index is 14.2. The van der Waals surface area contributed by atoms with Crippen molar-refractivity contribution in [2.75, 3.05) is 14.2 Å².